The molecule has 0 heterocycles. The molecule has 0 aliphatic rings. The summed E-state index contributed by atoms with van der Waals surface area (Å²) < 4.78 is 5.46. The summed E-state index contributed by atoms with van der Waals surface area (Å²) in [4.78, 5) is 13.9. The minimum absolute atomic E-state index is 0.0494. The second-order valence-corrected chi connectivity index (χ2v) is 4.36. The first-order chi connectivity index (χ1) is 9.17. The summed E-state index contributed by atoms with van der Waals surface area (Å²) in [5.41, 5.74) is 6.15. The van der Waals surface area contributed by atoms with Crippen molar-refractivity contribution in [3.05, 3.63) is 24.3 Å². The Kier molecular flexibility index (Phi) is 6.92. The molecule has 0 aliphatic carbocycles. The molecule has 5 nitrogen and oxygen atoms in total. The van der Waals surface area contributed by atoms with Crippen molar-refractivity contribution in [2.75, 3.05) is 38.6 Å². The van der Waals surface area contributed by atoms with E-state index in [1.165, 1.54) is 0 Å². The molecule has 0 spiro atoms. The number of nitrogens with zero attached hydrogens (tertiary/aromatic N) is 1. The van der Waals surface area contributed by atoms with Crippen molar-refractivity contribution in [1.29, 1.82) is 0 Å². The van der Waals surface area contributed by atoms with Crippen molar-refractivity contribution in [2.24, 2.45) is 5.73 Å². The number of amides is 1. The highest BCUT2D eigenvalue weighted by molar-refractivity contribution is 5.93. The van der Waals surface area contributed by atoms with Crippen LogP contribution < -0.4 is 15.8 Å². The molecule has 0 atom stereocenters. The minimum Gasteiger partial charge on any atom is -0.492 e. The Morgan fingerprint density at radius 2 is 2.16 bits per heavy atom. The second kappa shape index (κ2) is 8.50. The van der Waals surface area contributed by atoms with Crippen molar-refractivity contribution in [3.63, 3.8) is 0 Å². The van der Waals surface area contributed by atoms with Gasteiger partial charge in [0.15, 0.2) is 0 Å². The standard InChI is InChI=1S/C14H23N3O2/c1-3-19-13-8-5-4-7-12(13)16-14(18)11-17(2)10-6-9-15/h4-5,7-8H,3,6,9-11,15H2,1-2H3,(H,16,18). The maximum absolute atomic E-state index is 11.9. The van der Waals surface area contributed by atoms with Gasteiger partial charge in [0.05, 0.1) is 18.8 Å². The first kappa shape index (κ1) is 15.5. The van der Waals surface area contributed by atoms with Crippen molar-refractivity contribution in [3.8, 4) is 5.75 Å². The maximum Gasteiger partial charge on any atom is 0.238 e. The van der Waals surface area contributed by atoms with E-state index in [1.54, 1.807) is 0 Å². The highest BCUT2D eigenvalue weighted by Gasteiger charge is 2.09. The Morgan fingerprint density at radius 1 is 1.42 bits per heavy atom. The molecule has 0 fully saturated rings. The highest BCUT2D eigenvalue weighted by Crippen LogP contribution is 2.23. The van der Waals surface area contributed by atoms with Gasteiger partial charge in [0.25, 0.3) is 0 Å². The number of carbonyl (C=O) groups excluding carboxylic acids is 1. The number of rotatable bonds is 8. The Bertz CT molecular complexity index is 396. The zero-order chi connectivity index (χ0) is 14.1. The summed E-state index contributed by atoms with van der Waals surface area (Å²) in [7, 11) is 1.91. The van der Waals surface area contributed by atoms with Gasteiger partial charge in [-0.05, 0) is 45.6 Å². The monoisotopic (exact) mass is 265 g/mol. The first-order valence-electron chi connectivity index (χ1n) is 6.57. The van der Waals surface area contributed by atoms with E-state index in [0.29, 0.717) is 31.1 Å². The number of nitrogens with two attached hydrogens (primary N) is 1. The van der Waals surface area contributed by atoms with Crippen LogP contribution in [0.3, 0.4) is 0 Å². The molecule has 1 rings (SSSR count). The number of benzene rings is 1. The molecule has 0 aliphatic heterocycles. The molecule has 3 N–H and O–H groups in total. The van der Waals surface area contributed by atoms with Gasteiger partial charge in [-0.2, -0.15) is 0 Å². The Hall–Kier alpha value is -1.59. The third-order valence-electron chi connectivity index (χ3n) is 2.62. The number of hydrogen-bond acceptors (Lipinski definition) is 4. The van der Waals surface area contributed by atoms with Crippen molar-refractivity contribution in [2.45, 2.75) is 13.3 Å². The predicted octanol–water partition coefficient (Wildman–Crippen LogP) is 1.30. The van der Waals surface area contributed by atoms with E-state index in [-0.39, 0.29) is 5.91 Å². The number of anilines is 1. The molecule has 19 heavy (non-hydrogen) atoms. The average Bonchev–Trinajstić information content (AvgIpc) is 2.39. The van der Waals surface area contributed by atoms with E-state index in [4.69, 9.17) is 10.5 Å². The molecule has 106 valence electrons. The van der Waals surface area contributed by atoms with Gasteiger partial charge in [0.2, 0.25) is 5.91 Å². The van der Waals surface area contributed by atoms with E-state index in [0.717, 1.165) is 13.0 Å². The van der Waals surface area contributed by atoms with Crippen LogP contribution in [0.15, 0.2) is 24.3 Å². The van der Waals surface area contributed by atoms with E-state index in [1.807, 2.05) is 43.1 Å². The minimum atomic E-state index is -0.0494. The molecule has 0 bridgehead atoms. The molecular weight excluding hydrogens is 242 g/mol. The molecule has 0 saturated carbocycles. The van der Waals surface area contributed by atoms with Crippen LogP contribution >= 0.6 is 0 Å². The Morgan fingerprint density at radius 3 is 2.84 bits per heavy atom. The topological polar surface area (TPSA) is 67.6 Å². The van der Waals surface area contributed by atoms with Crippen molar-refractivity contribution >= 4 is 11.6 Å². The maximum atomic E-state index is 11.9. The molecule has 5 heteroatoms. The van der Waals surface area contributed by atoms with Gasteiger partial charge in [-0.3, -0.25) is 9.69 Å². The third kappa shape index (κ3) is 5.72. The van der Waals surface area contributed by atoms with Gasteiger partial charge >= 0.3 is 0 Å². The Balaban J connectivity index is 2.52. The largest absolute Gasteiger partial charge is 0.492 e. The van der Waals surface area contributed by atoms with Gasteiger partial charge in [-0.25, -0.2) is 0 Å². The van der Waals surface area contributed by atoms with Gasteiger partial charge in [-0.15, -0.1) is 0 Å². The quantitative estimate of drug-likeness (QED) is 0.743. The number of hydrogen-bond donors (Lipinski definition) is 2. The van der Waals surface area contributed by atoms with Crippen LogP contribution in [0.1, 0.15) is 13.3 Å². The summed E-state index contributed by atoms with van der Waals surface area (Å²) in [6, 6.07) is 7.43. The summed E-state index contributed by atoms with van der Waals surface area (Å²) in [6.07, 6.45) is 0.888. The lowest BCUT2D eigenvalue weighted by atomic mass is 10.3. The van der Waals surface area contributed by atoms with Crippen LogP contribution in [0.5, 0.6) is 5.75 Å². The van der Waals surface area contributed by atoms with Gasteiger partial charge in [0, 0.05) is 0 Å². The van der Waals surface area contributed by atoms with Gasteiger partial charge < -0.3 is 15.8 Å². The molecular formula is C14H23N3O2. The zero-order valence-electron chi connectivity index (χ0n) is 11.7. The molecule has 0 unspecified atom stereocenters. The van der Waals surface area contributed by atoms with E-state index >= 15 is 0 Å². The second-order valence-electron chi connectivity index (χ2n) is 4.36. The zero-order valence-corrected chi connectivity index (χ0v) is 11.7. The normalized spacial score (nSPS) is 10.5. The van der Waals surface area contributed by atoms with Crippen LogP contribution in [-0.2, 0) is 4.79 Å². The fraction of sp³-hybridized carbons (Fsp3) is 0.500. The van der Waals surface area contributed by atoms with Gasteiger partial charge in [0.1, 0.15) is 5.75 Å². The SMILES string of the molecule is CCOc1ccccc1NC(=O)CN(C)CCCN. The lowest BCUT2D eigenvalue weighted by molar-refractivity contribution is -0.117. The van der Waals surface area contributed by atoms with Crippen LogP contribution in [0.25, 0.3) is 0 Å². The molecule has 0 aromatic heterocycles. The summed E-state index contributed by atoms with van der Waals surface area (Å²) >= 11 is 0. The number of ether oxygens (including phenoxy) is 1. The number of carbonyl (C=O) groups is 1. The smallest absolute Gasteiger partial charge is 0.238 e. The lowest BCUT2D eigenvalue weighted by Crippen LogP contribution is -2.31. The summed E-state index contributed by atoms with van der Waals surface area (Å²) in [5, 5.41) is 2.87. The Labute approximate surface area is 114 Å². The first-order valence-corrected chi connectivity index (χ1v) is 6.57. The molecule has 1 aromatic rings. The van der Waals surface area contributed by atoms with Crippen molar-refractivity contribution < 1.29 is 9.53 Å². The van der Waals surface area contributed by atoms with E-state index in [2.05, 4.69) is 5.32 Å². The van der Waals surface area contributed by atoms with Gasteiger partial charge in [-0.1, -0.05) is 12.1 Å². The van der Waals surface area contributed by atoms with Crippen LogP contribution in [0.4, 0.5) is 5.69 Å². The van der Waals surface area contributed by atoms with Crippen LogP contribution in [-0.4, -0.2) is 44.1 Å². The van der Waals surface area contributed by atoms with Crippen molar-refractivity contribution in [1.82, 2.24) is 4.90 Å². The fourth-order valence-electron chi connectivity index (χ4n) is 1.73. The number of likely N-dealkylation sites (N-methyl/N-ethyl adjacent to an activating group) is 1. The molecule has 0 radical (unpaired) electrons. The predicted molar refractivity (Wildman–Crippen MR) is 77.4 cm³/mol. The number of nitrogens with one attached hydrogen (secondary N) is 1. The summed E-state index contributed by atoms with van der Waals surface area (Å²) in [5.74, 6) is 0.648. The molecule has 0 saturated heterocycles. The van der Waals surface area contributed by atoms with Crippen LogP contribution in [0.2, 0.25) is 0 Å². The van der Waals surface area contributed by atoms with E-state index in [9.17, 15) is 4.79 Å². The lowest BCUT2D eigenvalue weighted by Gasteiger charge is -2.16. The number of para-hydroxylation sites is 2. The fourth-order valence-corrected chi connectivity index (χ4v) is 1.73. The average molecular weight is 265 g/mol. The molecule has 1 aromatic carbocycles. The third-order valence-corrected chi connectivity index (χ3v) is 2.62. The molecule has 1 amide bonds. The van der Waals surface area contributed by atoms with Crippen LogP contribution in [0, 0.1) is 0 Å². The van der Waals surface area contributed by atoms with E-state index < -0.39 is 0 Å². The summed E-state index contributed by atoms with van der Waals surface area (Å²) in [6.45, 7) is 4.29. The highest BCUT2D eigenvalue weighted by atomic mass is 16.5.